The molecule has 0 aliphatic carbocycles. The van der Waals surface area contributed by atoms with Crippen molar-refractivity contribution < 1.29 is 13.2 Å². The molecular weight excluding hydrogens is 231 g/mol. The zero-order chi connectivity index (χ0) is 12.4. The second-order valence-corrected chi connectivity index (χ2v) is 3.45. The van der Waals surface area contributed by atoms with Gasteiger partial charge in [-0.05, 0) is 18.2 Å². The minimum atomic E-state index is -2.71. The maximum atomic E-state index is 13.0. The lowest BCUT2D eigenvalue weighted by molar-refractivity contribution is 0.141. The van der Waals surface area contributed by atoms with E-state index in [1.807, 2.05) is 0 Å². The monoisotopic (exact) mass is 241 g/mol. The second kappa shape index (κ2) is 4.58. The molecule has 2 N–H and O–H groups in total. The number of nitrogens with zero attached hydrogens (tertiary/aromatic N) is 2. The van der Waals surface area contributed by atoms with Crippen LogP contribution in [0.3, 0.4) is 0 Å². The number of aromatic nitrogens is 2. The first kappa shape index (κ1) is 11.7. The standard InChI is InChI=1S/C11H10F3N3/c12-8-2-1-3-9(4-8)17-10(11(13)14)7(5-15)6-16-17/h1-4,6,11H,5,15H2. The molecule has 0 fully saturated rings. The second-order valence-electron chi connectivity index (χ2n) is 3.45. The van der Waals surface area contributed by atoms with Crippen molar-refractivity contribution in [2.45, 2.75) is 13.0 Å². The van der Waals surface area contributed by atoms with Gasteiger partial charge in [0, 0.05) is 12.1 Å². The fraction of sp³-hybridized carbons (Fsp3) is 0.182. The van der Waals surface area contributed by atoms with E-state index >= 15 is 0 Å². The average Bonchev–Trinajstić information content (AvgIpc) is 2.72. The first-order valence-corrected chi connectivity index (χ1v) is 4.94. The maximum Gasteiger partial charge on any atom is 0.280 e. The molecule has 3 nitrogen and oxygen atoms in total. The van der Waals surface area contributed by atoms with Crippen LogP contribution in [0.1, 0.15) is 17.7 Å². The van der Waals surface area contributed by atoms with Crippen LogP contribution in [0, 0.1) is 5.82 Å². The molecule has 0 amide bonds. The Morgan fingerprint density at radius 1 is 1.35 bits per heavy atom. The lowest BCUT2D eigenvalue weighted by Crippen LogP contribution is -2.06. The molecule has 6 heteroatoms. The van der Waals surface area contributed by atoms with Crippen molar-refractivity contribution in [3.8, 4) is 5.69 Å². The van der Waals surface area contributed by atoms with E-state index < -0.39 is 12.2 Å². The van der Waals surface area contributed by atoms with Crippen LogP contribution < -0.4 is 5.73 Å². The van der Waals surface area contributed by atoms with Gasteiger partial charge in [-0.3, -0.25) is 0 Å². The van der Waals surface area contributed by atoms with Gasteiger partial charge in [0.05, 0.1) is 11.9 Å². The molecule has 2 rings (SSSR count). The molecule has 1 heterocycles. The van der Waals surface area contributed by atoms with Crippen LogP contribution in [0.15, 0.2) is 30.5 Å². The third-order valence-corrected chi connectivity index (χ3v) is 2.37. The third-order valence-electron chi connectivity index (χ3n) is 2.37. The minimum Gasteiger partial charge on any atom is -0.326 e. The van der Waals surface area contributed by atoms with E-state index in [9.17, 15) is 13.2 Å². The van der Waals surface area contributed by atoms with Crippen molar-refractivity contribution in [2.24, 2.45) is 5.73 Å². The predicted octanol–water partition coefficient (Wildman–Crippen LogP) is 2.41. The molecule has 0 saturated heterocycles. The van der Waals surface area contributed by atoms with E-state index in [4.69, 9.17) is 5.73 Å². The Labute approximate surface area is 95.7 Å². The Morgan fingerprint density at radius 2 is 2.12 bits per heavy atom. The van der Waals surface area contributed by atoms with Gasteiger partial charge in [0.25, 0.3) is 6.43 Å². The first-order chi connectivity index (χ1) is 8.13. The van der Waals surface area contributed by atoms with Crippen molar-refractivity contribution in [2.75, 3.05) is 0 Å². The number of halogens is 3. The van der Waals surface area contributed by atoms with Gasteiger partial charge in [-0.15, -0.1) is 0 Å². The Balaban J connectivity index is 2.56. The zero-order valence-corrected chi connectivity index (χ0v) is 8.78. The van der Waals surface area contributed by atoms with E-state index in [0.717, 1.165) is 10.7 Å². The summed E-state index contributed by atoms with van der Waals surface area (Å²) >= 11 is 0. The molecule has 0 radical (unpaired) electrons. The predicted molar refractivity (Wildman–Crippen MR) is 56.4 cm³/mol. The highest BCUT2D eigenvalue weighted by atomic mass is 19.3. The first-order valence-electron chi connectivity index (χ1n) is 4.94. The normalized spacial score (nSPS) is 11.1. The van der Waals surface area contributed by atoms with Crippen molar-refractivity contribution in [3.05, 3.63) is 47.5 Å². The van der Waals surface area contributed by atoms with Crippen LogP contribution >= 0.6 is 0 Å². The Morgan fingerprint density at radius 3 is 2.71 bits per heavy atom. The smallest absolute Gasteiger partial charge is 0.280 e. The quantitative estimate of drug-likeness (QED) is 0.896. The summed E-state index contributed by atoms with van der Waals surface area (Å²) in [4.78, 5) is 0. The van der Waals surface area contributed by atoms with Crippen molar-refractivity contribution in [1.82, 2.24) is 9.78 Å². The summed E-state index contributed by atoms with van der Waals surface area (Å²) in [7, 11) is 0. The number of alkyl halides is 2. The van der Waals surface area contributed by atoms with E-state index in [2.05, 4.69) is 5.10 Å². The number of rotatable bonds is 3. The van der Waals surface area contributed by atoms with Gasteiger partial charge in [0.15, 0.2) is 0 Å². The van der Waals surface area contributed by atoms with E-state index in [1.165, 1.54) is 24.4 Å². The van der Waals surface area contributed by atoms with Crippen molar-refractivity contribution >= 4 is 0 Å². The molecule has 17 heavy (non-hydrogen) atoms. The SMILES string of the molecule is NCc1cnn(-c2cccc(F)c2)c1C(F)F. The lowest BCUT2D eigenvalue weighted by atomic mass is 10.2. The van der Waals surface area contributed by atoms with Gasteiger partial charge in [-0.25, -0.2) is 17.9 Å². The highest BCUT2D eigenvalue weighted by Gasteiger charge is 2.20. The van der Waals surface area contributed by atoms with Crippen LogP contribution in [0.4, 0.5) is 13.2 Å². The zero-order valence-electron chi connectivity index (χ0n) is 8.78. The number of hydrogen-bond donors (Lipinski definition) is 1. The Hall–Kier alpha value is -1.82. The van der Waals surface area contributed by atoms with Gasteiger partial charge in [-0.1, -0.05) is 6.07 Å². The van der Waals surface area contributed by atoms with Gasteiger partial charge >= 0.3 is 0 Å². The van der Waals surface area contributed by atoms with Crippen LogP contribution in [0.2, 0.25) is 0 Å². The number of benzene rings is 1. The highest BCUT2D eigenvalue weighted by Crippen LogP contribution is 2.25. The molecule has 0 atom stereocenters. The molecule has 0 unspecified atom stereocenters. The molecule has 0 saturated carbocycles. The van der Waals surface area contributed by atoms with Crippen molar-refractivity contribution in [3.63, 3.8) is 0 Å². The average molecular weight is 241 g/mol. The summed E-state index contributed by atoms with van der Waals surface area (Å²) in [5.41, 5.74) is 5.56. The summed E-state index contributed by atoms with van der Waals surface area (Å²) in [5.74, 6) is -0.507. The maximum absolute atomic E-state index is 13.0. The summed E-state index contributed by atoms with van der Waals surface area (Å²) in [6.07, 6.45) is -1.44. The molecule has 1 aromatic heterocycles. The van der Waals surface area contributed by atoms with E-state index in [0.29, 0.717) is 0 Å². The summed E-state index contributed by atoms with van der Waals surface area (Å²) in [5, 5.41) is 3.81. The fourth-order valence-electron chi connectivity index (χ4n) is 1.60. The minimum absolute atomic E-state index is 0.0327. The van der Waals surface area contributed by atoms with Gasteiger partial charge in [0.2, 0.25) is 0 Å². The Kier molecular flexibility index (Phi) is 3.14. The van der Waals surface area contributed by atoms with Crippen LogP contribution in [0.5, 0.6) is 0 Å². The van der Waals surface area contributed by atoms with Crippen LogP contribution in [0.25, 0.3) is 5.69 Å². The topological polar surface area (TPSA) is 43.8 Å². The van der Waals surface area contributed by atoms with Gasteiger partial charge in [0.1, 0.15) is 11.5 Å². The molecule has 2 aromatic rings. The molecule has 1 aromatic carbocycles. The van der Waals surface area contributed by atoms with Gasteiger partial charge in [-0.2, -0.15) is 5.10 Å². The largest absolute Gasteiger partial charge is 0.326 e. The van der Waals surface area contributed by atoms with E-state index in [-0.39, 0.29) is 23.5 Å². The Bertz CT molecular complexity index is 522. The highest BCUT2D eigenvalue weighted by molar-refractivity contribution is 5.35. The molecule has 0 bridgehead atoms. The molecular formula is C11H10F3N3. The molecule has 0 aliphatic rings. The number of nitrogens with two attached hydrogens (primary N) is 1. The lowest BCUT2D eigenvalue weighted by Gasteiger charge is -2.08. The third kappa shape index (κ3) is 2.16. The molecule has 90 valence electrons. The molecule has 0 spiro atoms. The van der Waals surface area contributed by atoms with Crippen molar-refractivity contribution in [1.29, 1.82) is 0 Å². The summed E-state index contributed by atoms with van der Waals surface area (Å²) in [6, 6.07) is 5.31. The number of hydrogen-bond acceptors (Lipinski definition) is 2. The van der Waals surface area contributed by atoms with E-state index in [1.54, 1.807) is 0 Å². The molecule has 0 aliphatic heterocycles. The summed E-state index contributed by atoms with van der Waals surface area (Å²) in [6.45, 7) is -0.0327. The van der Waals surface area contributed by atoms with Crippen LogP contribution in [-0.2, 0) is 6.54 Å². The summed E-state index contributed by atoms with van der Waals surface area (Å²) < 4.78 is 39.8. The van der Waals surface area contributed by atoms with Gasteiger partial charge < -0.3 is 5.73 Å². The fourth-order valence-corrected chi connectivity index (χ4v) is 1.60. The van der Waals surface area contributed by atoms with Crippen LogP contribution in [-0.4, -0.2) is 9.78 Å².